The van der Waals surface area contributed by atoms with E-state index in [0.717, 1.165) is 55.5 Å². The molecule has 1 aliphatic rings. The van der Waals surface area contributed by atoms with E-state index < -0.39 is 11.7 Å². The summed E-state index contributed by atoms with van der Waals surface area (Å²) in [4.78, 5) is 7.79. The summed E-state index contributed by atoms with van der Waals surface area (Å²) in [5.74, 6) is 0. The standard InChI is InChI=1S/C24H14BrF3N2/c25-16-9-10-22-18(11-16)20(13-30-22)23(14-5-7-15(8-6-14)24(26,27)28)19-12-29-21-4-2-1-3-17(19)21/h1-13,29H/b23-20+. The molecule has 1 aromatic heterocycles. The molecule has 0 radical (unpaired) electrons. The van der Waals surface area contributed by atoms with Crippen LogP contribution in [0.4, 0.5) is 18.9 Å². The molecule has 0 saturated heterocycles. The Bertz CT molecular complexity index is 1330. The summed E-state index contributed by atoms with van der Waals surface area (Å²) in [6, 6.07) is 19.0. The predicted molar refractivity (Wildman–Crippen MR) is 118 cm³/mol. The zero-order chi connectivity index (χ0) is 20.9. The van der Waals surface area contributed by atoms with Gasteiger partial charge in [-0.05, 0) is 42.0 Å². The lowest BCUT2D eigenvalue weighted by Crippen LogP contribution is -2.04. The summed E-state index contributed by atoms with van der Waals surface area (Å²) in [6.45, 7) is 0. The smallest absolute Gasteiger partial charge is 0.361 e. The molecule has 148 valence electrons. The van der Waals surface area contributed by atoms with E-state index in [0.29, 0.717) is 5.56 Å². The summed E-state index contributed by atoms with van der Waals surface area (Å²) < 4.78 is 40.2. The van der Waals surface area contributed by atoms with Crippen LogP contribution in [-0.2, 0) is 6.18 Å². The number of fused-ring (bicyclic) bond motifs is 2. The number of hydrogen-bond donors (Lipinski definition) is 1. The molecule has 0 bridgehead atoms. The van der Waals surface area contributed by atoms with Gasteiger partial charge in [-0.25, -0.2) is 0 Å². The molecule has 0 amide bonds. The number of para-hydroxylation sites is 1. The summed E-state index contributed by atoms with van der Waals surface area (Å²) >= 11 is 3.51. The summed E-state index contributed by atoms with van der Waals surface area (Å²) in [7, 11) is 0. The van der Waals surface area contributed by atoms with Crippen molar-refractivity contribution in [2.75, 3.05) is 0 Å². The van der Waals surface area contributed by atoms with E-state index in [-0.39, 0.29) is 0 Å². The van der Waals surface area contributed by atoms with Crippen molar-refractivity contribution in [3.05, 3.63) is 99.7 Å². The number of nitrogens with one attached hydrogen (secondary N) is 1. The van der Waals surface area contributed by atoms with E-state index in [9.17, 15) is 13.2 Å². The number of aromatic nitrogens is 1. The van der Waals surface area contributed by atoms with Gasteiger partial charge >= 0.3 is 6.18 Å². The quantitative estimate of drug-likeness (QED) is 0.314. The lowest BCUT2D eigenvalue weighted by atomic mass is 9.89. The van der Waals surface area contributed by atoms with Crippen molar-refractivity contribution in [3.8, 4) is 0 Å². The number of aromatic amines is 1. The van der Waals surface area contributed by atoms with Crippen LogP contribution < -0.4 is 0 Å². The maximum absolute atomic E-state index is 13.1. The number of nitrogens with zero attached hydrogens (tertiary/aromatic N) is 1. The first-order valence-corrected chi connectivity index (χ1v) is 10.0. The molecule has 4 aromatic rings. The van der Waals surface area contributed by atoms with Crippen molar-refractivity contribution in [2.24, 2.45) is 4.99 Å². The maximum atomic E-state index is 13.1. The third kappa shape index (κ3) is 3.17. The Morgan fingerprint density at radius 3 is 2.47 bits per heavy atom. The number of allylic oxidation sites excluding steroid dienone is 1. The number of halogens is 4. The molecule has 3 aromatic carbocycles. The van der Waals surface area contributed by atoms with Gasteiger partial charge in [-0.15, -0.1) is 0 Å². The lowest BCUT2D eigenvalue weighted by molar-refractivity contribution is -0.137. The molecule has 0 atom stereocenters. The fraction of sp³-hybridized carbons (Fsp3) is 0.0417. The number of hydrogen-bond acceptors (Lipinski definition) is 1. The minimum atomic E-state index is -4.38. The molecule has 0 aliphatic carbocycles. The maximum Gasteiger partial charge on any atom is 0.416 e. The van der Waals surface area contributed by atoms with Crippen LogP contribution in [0.2, 0.25) is 0 Å². The molecule has 2 heterocycles. The Labute approximate surface area is 178 Å². The number of alkyl halides is 3. The Morgan fingerprint density at radius 2 is 1.70 bits per heavy atom. The van der Waals surface area contributed by atoms with Crippen molar-refractivity contribution in [1.29, 1.82) is 0 Å². The molecular weight excluding hydrogens is 453 g/mol. The van der Waals surface area contributed by atoms with Crippen LogP contribution in [0.3, 0.4) is 0 Å². The predicted octanol–water partition coefficient (Wildman–Crippen LogP) is 7.62. The van der Waals surface area contributed by atoms with Crippen molar-refractivity contribution in [1.82, 2.24) is 4.98 Å². The third-order valence-corrected chi connectivity index (χ3v) is 5.70. The van der Waals surface area contributed by atoms with Gasteiger partial charge < -0.3 is 4.98 Å². The second-order valence-electron chi connectivity index (χ2n) is 7.03. The Kier molecular flexibility index (Phi) is 4.40. The number of aliphatic imine (C=N–C) groups is 1. The number of benzene rings is 3. The average molecular weight is 467 g/mol. The van der Waals surface area contributed by atoms with Crippen molar-refractivity contribution in [2.45, 2.75) is 6.18 Å². The molecule has 0 unspecified atom stereocenters. The van der Waals surface area contributed by atoms with Gasteiger partial charge in [0.25, 0.3) is 0 Å². The zero-order valence-electron chi connectivity index (χ0n) is 15.5. The molecule has 1 N–H and O–H groups in total. The first kappa shape index (κ1) is 18.9. The van der Waals surface area contributed by atoms with Gasteiger partial charge in [0.2, 0.25) is 0 Å². The van der Waals surface area contributed by atoms with E-state index in [1.807, 2.05) is 48.7 Å². The highest BCUT2D eigenvalue weighted by Crippen LogP contribution is 2.42. The Hall–Kier alpha value is -3.12. The SMILES string of the molecule is FC(F)(F)c1ccc(/C(=C2/C=Nc3ccc(Br)cc32)c2c[nH]c3ccccc23)cc1. The topological polar surface area (TPSA) is 28.1 Å². The highest BCUT2D eigenvalue weighted by molar-refractivity contribution is 9.10. The molecular formula is C24H14BrF3N2. The monoisotopic (exact) mass is 466 g/mol. The van der Waals surface area contributed by atoms with E-state index in [4.69, 9.17) is 0 Å². The van der Waals surface area contributed by atoms with E-state index in [1.54, 1.807) is 6.21 Å². The average Bonchev–Trinajstić information content (AvgIpc) is 3.33. The van der Waals surface area contributed by atoms with Gasteiger partial charge in [0.1, 0.15) is 0 Å². The molecule has 0 spiro atoms. The second kappa shape index (κ2) is 6.99. The van der Waals surface area contributed by atoms with Gasteiger partial charge in [-0.2, -0.15) is 13.2 Å². The summed E-state index contributed by atoms with van der Waals surface area (Å²) in [5, 5.41) is 0.997. The van der Waals surface area contributed by atoms with Gasteiger partial charge in [0.15, 0.2) is 0 Å². The van der Waals surface area contributed by atoms with Crippen LogP contribution >= 0.6 is 15.9 Å². The van der Waals surface area contributed by atoms with Crippen LogP contribution in [0.25, 0.3) is 22.0 Å². The minimum absolute atomic E-state index is 0.669. The second-order valence-corrected chi connectivity index (χ2v) is 7.95. The molecule has 1 aliphatic heterocycles. The van der Waals surface area contributed by atoms with E-state index in [2.05, 4.69) is 25.9 Å². The van der Waals surface area contributed by atoms with Crippen LogP contribution in [0.1, 0.15) is 22.3 Å². The Balaban J connectivity index is 1.79. The van der Waals surface area contributed by atoms with Crippen molar-refractivity contribution >= 4 is 49.9 Å². The number of rotatable bonds is 2. The molecule has 0 saturated carbocycles. The molecule has 5 rings (SSSR count). The molecule has 0 fully saturated rings. The molecule has 6 heteroatoms. The van der Waals surface area contributed by atoms with E-state index in [1.165, 1.54) is 12.1 Å². The number of H-pyrrole nitrogens is 1. The third-order valence-electron chi connectivity index (χ3n) is 5.21. The van der Waals surface area contributed by atoms with Gasteiger partial charge in [-0.1, -0.05) is 46.3 Å². The highest BCUT2D eigenvalue weighted by Gasteiger charge is 2.30. The summed E-state index contributed by atoms with van der Waals surface area (Å²) in [6.07, 6.45) is -0.695. The molecule has 30 heavy (non-hydrogen) atoms. The van der Waals surface area contributed by atoms with Crippen LogP contribution in [0.5, 0.6) is 0 Å². The molecule has 2 nitrogen and oxygen atoms in total. The highest BCUT2D eigenvalue weighted by atomic mass is 79.9. The largest absolute Gasteiger partial charge is 0.416 e. The van der Waals surface area contributed by atoms with Crippen LogP contribution in [-0.4, -0.2) is 11.2 Å². The lowest BCUT2D eigenvalue weighted by Gasteiger charge is -2.14. The van der Waals surface area contributed by atoms with Crippen LogP contribution in [0.15, 0.2) is 82.4 Å². The van der Waals surface area contributed by atoms with Gasteiger partial charge in [0, 0.05) is 50.1 Å². The fourth-order valence-corrected chi connectivity index (χ4v) is 4.16. The fourth-order valence-electron chi connectivity index (χ4n) is 3.80. The van der Waals surface area contributed by atoms with Crippen molar-refractivity contribution in [3.63, 3.8) is 0 Å². The summed E-state index contributed by atoms with van der Waals surface area (Å²) in [5.41, 5.74) is 5.38. The van der Waals surface area contributed by atoms with Crippen molar-refractivity contribution < 1.29 is 13.2 Å². The van der Waals surface area contributed by atoms with Crippen LogP contribution in [0, 0.1) is 0 Å². The van der Waals surface area contributed by atoms with E-state index >= 15 is 0 Å². The normalized spacial score (nSPS) is 14.9. The Morgan fingerprint density at radius 1 is 0.933 bits per heavy atom. The first-order valence-electron chi connectivity index (χ1n) is 9.24. The van der Waals surface area contributed by atoms with Gasteiger partial charge in [0.05, 0.1) is 11.3 Å². The first-order chi connectivity index (χ1) is 14.4. The van der Waals surface area contributed by atoms with Gasteiger partial charge in [-0.3, -0.25) is 4.99 Å². The minimum Gasteiger partial charge on any atom is -0.361 e. The zero-order valence-corrected chi connectivity index (χ0v) is 17.1.